The van der Waals surface area contributed by atoms with Crippen LogP contribution in [0, 0.1) is 0 Å². The summed E-state index contributed by atoms with van der Waals surface area (Å²) in [5, 5.41) is 5.38. The van der Waals surface area contributed by atoms with Crippen LogP contribution in [0.25, 0.3) is 0 Å². The molecule has 21 heavy (non-hydrogen) atoms. The van der Waals surface area contributed by atoms with Crippen molar-refractivity contribution in [1.82, 2.24) is 9.58 Å². The van der Waals surface area contributed by atoms with E-state index in [0.717, 1.165) is 6.26 Å². The number of sulfonamides is 1. The average molecular weight is 320 g/mol. The molecule has 0 bridgehead atoms. The molecule has 11 heteroatoms. The second kappa shape index (κ2) is 5.85. The number of carbonyl (C=O) groups is 1. The van der Waals surface area contributed by atoms with Crippen LogP contribution in [0.2, 0.25) is 0 Å². The predicted octanol–water partition coefficient (Wildman–Crippen LogP) is -2.07. The van der Waals surface area contributed by atoms with E-state index in [0.29, 0.717) is 26.2 Å². The number of hydrogen-bond acceptors (Lipinski definition) is 8. The molecule has 2 rings (SSSR count). The molecule has 2 N–H and O–H groups in total. The van der Waals surface area contributed by atoms with Gasteiger partial charge in [0, 0.05) is 13.1 Å². The van der Waals surface area contributed by atoms with Crippen LogP contribution in [0.3, 0.4) is 0 Å². The van der Waals surface area contributed by atoms with Crippen LogP contribution in [0.4, 0.5) is 5.88 Å². The number of piperazine rings is 1. The van der Waals surface area contributed by atoms with Crippen molar-refractivity contribution in [3.8, 4) is 0 Å². The molecule has 0 saturated carbocycles. The Kier molecular flexibility index (Phi) is 4.32. The summed E-state index contributed by atoms with van der Waals surface area (Å²) in [6, 6.07) is 0. The fourth-order valence-corrected chi connectivity index (χ4v) is 2.87. The van der Waals surface area contributed by atoms with Crippen molar-refractivity contribution in [1.29, 1.82) is 0 Å². The number of nitrogen functional groups attached to an aromatic ring is 1. The Bertz CT molecular complexity index is 620. The molecule has 1 saturated heterocycles. The zero-order chi connectivity index (χ0) is 15.6. The van der Waals surface area contributed by atoms with E-state index < -0.39 is 16.0 Å². The molecule has 10 nitrogen and oxygen atoms in total. The molecule has 1 aromatic rings. The van der Waals surface area contributed by atoms with Crippen LogP contribution in [0.1, 0.15) is 17.4 Å². The SMILES string of the molecule is CCOC(=O)c1c(N)on[n+]1N1CCN(S(C)(=O)=O)CC1. The summed E-state index contributed by atoms with van der Waals surface area (Å²) in [5.41, 5.74) is 5.60. The van der Waals surface area contributed by atoms with Gasteiger partial charge in [-0.1, -0.05) is 0 Å². The third-order valence-electron chi connectivity index (χ3n) is 3.07. The molecule has 0 aliphatic carbocycles. The number of rotatable bonds is 4. The van der Waals surface area contributed by atoms with E-state index in [-0.39, 0.29) is 18.2 Å². The van der Waals surface area contributed by atoms with Gasteiger partial charge in [0.2, 0.25) is 15.3 Å². The molecule has 0 atom stereocenters. The molecule has 0 aromatic carbocycles. The van der Waals surface area contributed by atoms with Crippen molar-refractivity contribution in [2.75, 3.05) is 49.8 Å². The Morgan fingerprint density at radius 2 is 2.05 bits per heavy atom. The third kappa shape index (κ3) is 3.24. The molecule has 0 unspecified atom stereocenters. The van der Waals surface area contributed by atoms with Crippen LogP contribution in [-0.4, -0.2) is 63.0 Å². The second-order valence-electron chi connectivity index (χ2n) is 4.51. The van der Waals surface area contributed by atoms with Crippen LogP contribution >= 0.6 is 0 Å². The normalized spacial score (nSPS) is 17.0. The third-order valence-corrected chi connectivity index (χ3v) is 4.37. The minimum absolute atomic E-state index is 0.00431. The summed E-state index contributed by atoms with van der Waals surface area (Å²) in [7, 11) is -3.22. The largest absolute Gasteiger partial charge is 0.458 e. The Balaban J connectivity index is 2.16. The van der Waals surface area contributed by atoms with E-state index in [2.05, 4.69) is 5.27 Å². The van der Waals surface area contributed by atoms with E-state index in [4.69, 9.17) is 15.0 Å². The van der Waals surface area contributed by atoms with Crippen molar-refractivity contribution < 1.29 is 27.3 Å². The molecular weight excluding hydrogens is 302 g/mol. The zero-order valence-corrected chi connectivity index (χ0v) is 12.7. The van der Waals surface area contributed by atoms with E-state index in [9.17, 15) is 13.2 Å². The Morgan fingerprint density at radius 1 is 1.43 bits per heavy atom. The predicted molar refractivity (Wildman–Crippen MR) is 71.4 cm³/mol. The lowest BCUT2D eigenvalue weighted by Gasteiger charge is -2.28. The smallest absolute Gasteiger partial charge is 0.415 e. The van der Waals surface area contributed by atoms with Gasteiger partial charge in [-0.15, -0.1) is 5.01 Å². The van der Waals surface area contributed by atoms with E-state index in [1.165, 1.54) is 9.10 Å². The van der Waals surface area contributed by atoms with E-state index in [1.54, 1.807) is 11.9 Å². The first-order valence-corrected chi connectivity index (χ1v) is 8.24. The van der Waals surface area contributed by atoms with E-state index in [1.807, 2.05) is 0 Å². The fourth-order valence-electron chi connectivity index (χ4n) is 2.04. The van der Waals surface area contributed by atoms with Gasteiger partial charge in [0.1, 0.15) is 0 Å². The van der Waals surface area contributed by atoms with Gasteiger partial charge in [0.05, 0.1) is 30.7 Å². The number of carbonyl (C=O) groups excluding carboxylic acids is 1. The van der Waals surface area contributed by atoms with Gasteiger partial charge in [-0.25, -0.2) is 13.2 Å². The number of ether oxygens (including phenoxy) is 1. The molecule has 0 amide bonds. The number of hydrogen-bond donors (Lipinski definition) is 1. The van der Waals surface area contributed by atoms with Gasteiger partial charge in [0.25, 0.3) is 0 Å². The van der Waals surface area contributed by atoms with Crippen molar-refractivity contribution >= 4 is 21.9 Å². The molecule has 1 aliphatic heterocycles. The topological polar surface area (TPSA) is 123 Å². The highest BCUT2D eigenvalue weighted by atomic mass is 32.2. The van der Waals surface area contributed by atoms with Crippen molar-refractivity contribution in [2.24, 2.45) is 0 Å². The fraction of sp³-hybridized carbons (Fsp3) is 0.700. The lowest BCUT2D eigenvalue weighted by atomic mass is 10.4. The highest BCUT2D eigenvalue weighted by Crippen LogP contribution is 2.09. The first-order valence-electron chi connectivity index (χ1n) is 6.39. The van der Waals surface area contributed by atoms with Gasteiger partial charge in [0.15, 0.2) is 0 Å². The molecule has 118 valence electrons. The van der Waals surface area contributed by atoms with Crippen LogP contribution in [0.15, 0.2) is 4.52 Å². The summed E-state index contributed by atoms with van der Waals surface area (Å²) in [6.07, 6.45) is 1.16. The first kappa shape index (κ1) is 15.5. The minimum atomic E-state index is -3.22. The molecule has 1 aliphatic rings. The number of nitrogens with two attached hydrogens (primary N) is 1. The quantitative estimate of drug-likeness (QED) is 0.496. The van der Waals surface area contributed by atoms with Gasteiger partial charge < -0.3 is 10.5 Å². The number of anilines is 1. The lowest BCUT2D eigenvalue weighted by Crippen LogP contribution is -2.68. The van der Waals surface area contributed by atoms with Gasteiger partial charge in [-0.3, -0.25) is 4.52 Å². The molecule has 0 spiro atoms. The van der Waals surface area contributed by atoms with Crippen molar-refractivity contribution in [3.63, 3.8) is 0 Å². The van der Waals surface area contributed by atoms with Crippen molar-refractivity contribution in [2.45, 2.75) is 6.92 Å². The maximum Gasteiger partial charge on any atom is 0.415 e. The summed E-state index contributed by atoms with van der Waals surface area (Å²) in [5.74, 6) is -0.777. The molecular formula is C10H18N5O5S+. The van der Waals surface area contributed by atoms with Gasteiger partial charge in [-0.05, 0) is 6.92 Å². The standard InChI is InChI=1S/C10H17N5O5S/c1-3-19-10(16)8-9(11)20-12-15(8)13-4-6-14(7-5-13)21(2,17)18/h3-7H2,1-2H3,(H-,11,12,16)/p+1. The van der Waals surface area contributed by atoms with Crippen LogP contribution < -0.4 is 15.5 Å². The number of aromatic nitrogens is 2. The summed E-state index contributed by atoms with van der Waals surface area (Å²) >= 11 is 0. The highest BCUT2D eigenvalue weighted by Gasteiger charge is 2.38. The summed E-state index contributed by atoms with van der Waals surface area (Å²) in [4.78, 5) is 13.1. The molecule has 2 heterocycles. The Morgan fingerprint density at radius 3 is 2.57 bits per heavy atom. The van der Waals surface area contributed by atoms with E-state index >= 15 is 0 Å². The monoisotopic (exact) mass is 320 g/mol. The number of esters is 1. The van der Waals surface area contributed by atoms with Crippen molar-refractivity contribution in [3.05, 3.63) is 5.69 Å². The Labute approximate surface area is 122 Å². The maximum absolute atomic E-state index is 11.9. The van der Waals surface area contributed by atoms with Gasteiger partial charge >= 0.3 is 17.5 Å². The minimum Gasteiger partial charge on any atom is -0.458 e. The zero-order valence-electron chi connectivity index (χ0n) is 11.9. The second-order valence-corrected chi connectivity index (χ2v) is 6.49. The molecule has 1 aromatic heterocycles. The van der Waals surface area contributed by atoms with Crippen LogP contribution in [0.5, 0.6) is 0 Å². The maximum atomic E-state index is 11.9. The van der Waals surface area contributed by atoms with Gasteiger partial charge in [-0.2, -0.15) is 4.31 Å². The average Bonchev–Trinajstić information content (AvgIpc) is 2.80. The molecule has 0 radical (unpaired) electrons. The summed E-state index contributed by atoms with van der Waals surface area (Å²) < 4.78 is 34.0. The first-order chi connectivity index (χ1) is 9.84. The van der Waals surface area contributed by atoms with Crippen LogP contribution in [-0.2, 0) is 14.8 Å². The Hall–Kier alpha value is -1.88. The number of nitrogens with zero attached hydrogens (tertiary/aromatic N) is 4. The summed E-state index contributed by atoms with van der Waals surface area (Å²) in [6.45, 7) is 3.18. The molecule has 1 fully saturated rings. The highest BCUT2D eigenvalue weighted by molar-refractivity contribution is 7.88. The lowest BCUT2D eigenvalue weighted by molar-refractivity contribution is -0.760.